The Morgan fingerprint density at radius 3 is 3.00 bits per heavy atom. The number of thiophene rings is 1. The molecule has 1 atom stereocenters. The Labute approximate surface area is 154 Å². The summed E-state index contributed by atoms with van der Waals surface area (Å²) in [7, 11) is 0. The quantitative estimate of drug-likeness (QED) is 0.687. The van der Waals surface area contributed by atoms with Gasteiger partial charge in [-0.1, -0.05) is 35.0 Å². The number of amides is 1. The minimum atomic E-state index is -0.0796. The average Bonchev–Trinajstić information content (AvgIpc) is 3.30. The number of aromatic nitrogens is 2. The molecule has 2 aromatic heterocycles. The van der Waals surface area contributed by atoms with Gasteiger partial charge < -0.3 is 9.42 Å². The van der Waals surface area contributed by atoms with E-state index >= 15 is 0 Å². The maximum absolute atomic E-state index is 12.5. The van der Waals surface area contributed by atoms with E-state index in [1.165, 1.54) is 4.88 Å². The molecule has 0 bridgehead atoms. The largest absolute Gasteiger partial charge is 0.339 e. The number of hydrogen-bond donors (Lipinski definition) is 0. The number of carbonyl (C=O) groups is 1. The number of anilines is 1. The first-order valence-electron chi connectivity index (χ1n) is 8.02. The Morgan fingerprint density at radius 1 is 1.36 bits per heavy atom. The molecule has 25 heavy (non-hydrogen) atoms. The van der Waals surface area contributed by atoms with Gasteiger partial charge in [0.25, 0.3) is 0 Å². The molecule has 0 radical (unpaired) electrons. The van der Waals surface area contributed by atoms with E-state index in [9.17, 15) is 4.79 Å². The van der Waals surface area contributed by atoms with Crippen LogP contribution in [0.4, 0.5) is 5.69 Å². The van der Waals surface area contributed by atoms with E-state index in [4.69, 9.17) is 16.1 Å². The summed E-state index contributed by atoms with van der Waals surface area (Å²) >= 11 is 7.97. The number of para-hydroxylation sites is 1. The van der Waals surface area contributed by atoms with Crippen LogP contribution in [0.25, 0.3) is 0 Å². The van der Waals surface area contributed by atoms with Crippen molar-refractivity contribution in [3.8, 4) is 0 Å². The number of aryl methyl sites for hydroxylation is 1. The van der Waals surface area contributed by atoms with Gasteiger partial charge in [-0.25, -0.2) is 0 Å². The Balaban J connectivity index is 1.54. The molecule has 1 amide bonds. The topological polar surface area (TPSA) is 59.2 Å². The van der Waals surface area contributed by atoms with E-state index in [2.05, 4.69) is 10.1 Å². The molecule has 1 saturated heterocycles. The summed E-state index contributed by atoms with van der Waals surface area (Å²) in [6.45, 7) is 2.47. The summed E-state index contributed by atoms with van der Waals surface area (Å²) in [5.74, 6) is 1.12. The van der Waals surface area contributed by atoms with Gasteiger partial charge in [0.15, 0.2) is 5.82 Å². The molecular formula is C18H16ClN3O2S. The first kappa shape index (κ1) is 16.3. The maximum atomic E-state index is 12.5. The van der Waals surface area contributed by atoms with Gasteiger partial charge in [0, 0.05) is 23.8 Å². The van der Waals surface area contributed by atoms with E-state index in [1.54, 1.807) is 22.3 Å². The Morgan fingerprint density at radius 2 is 2.24 bits per heavy atom. The summed E-state index contributed by atoms with van der Waals surface area (Å²) in [6.07, 6.45) is 0.987. The zero-order chi connectivity index (χ0) is 17.4. The number of carbonyl (C=O) groups excluding carboxylic acids is 1. The van der Waals surface area contributed by atoms with Gasteiger partial charge in [-0.15, -0.1) is 11.3 Å². The van der Waals surface area contributed by atoms with Gasteiger partial charge in [0.1, 0.15) is 0 Å². The molecule has 1 aliphatic heterocycles. The van der Waals surface area contributed by atoms with Crippen LogP contribution in [0.2, 0.25) is 5.02 Å². The zero-order valence-electron chi connectivity index (χ0n) is 13.6. The van der Waals surface area contributed by atoms with Crippen molar-refractivity contribution in [1.82, 2.24) is 10.1 Å². The molecule has 1 unspecified atom stereocenters. The number of benzene rings is 1. The third kappa shape index (κ3) is 3.19. The molecule has 0 saturated carbocycles. The standard InChI is InChI=1S/C18H16ClN3O2S/c1-11-4-2-6-14(19)17(11)22-10-12(8-16(22)23)18-20-15(24-21-18)9-13-5-3-7-25-13/h2-7,12H,8-10H2,1H3. The first-order chi connectivity index (χ1) is 12.1. The first-order valence-corrected chi connectivity index (χ1v) is 9.28. The van der Waals surface area contributed by atoms with Gasteiger partial charge in [-0.05, 0) is 30.0 Å². The second-order valence-electron chi connectivity index (χ2n) is 6.11. The van der Waals surface area contributed by atoms with Gasteiger partial charge in [-0.2, -0.15) is 4.98 Å². The minimum absolute atomic E-state index is 0.0332. The predicted octanol–water partition coefficient (Wildman–Crippen LogP) is 4.20. The van der Waals surface area contributed by atoms with Crippen LogP contribution in [-0.2, 0) is 11.2 Å². The van der Waals surface area contributed by atoms with Crippen molar-refractivity contribution in [3.05, 3.63) is 62.9 Å². The van der Waals surface area contributed by atoms with E-state index in [0.717, 1.165) is 11.3 Å². The number of rotatable bonds is 4. The van der Waals surface area contributed by atoms with Crippen molar-refractivity contribution in [2.75, 3.05) is 11.4 Å². The van der Waals surface area contributed by atoms with Crippen molar-refractivity contribution in [2.24, 2.45) is 0 Å². The highest BCUT2D eigenvalue weighted by Gasteiger charge is 2.36. The maximum Gasteiger partial charge on any atom is 0.231 e. The van der Waals surface area contributed by atoms with Gasteiger partial charge in [0.2, 0.25) is 11.8 Å². The molecule has 1 aromatic carbocycles. The molecule has 1 aliphatic rings. The lowest BCUT2D eigenvalue weighted by molar-refractivity contribution is -0.117. The van der Waals surface area contributed by atoms with Crippen LogP contribution >= 0.6 is 22.9 Å². The van der Waals surface area contributed by atoms with E-state index in [1.807, 2.05) is 36.6 Å². The summed E-state index contributed by atoms with van der Waals surface area (Å²) < 4.78 is 5.36. The van der Waals surface area contributed by atoms with E-state index < -0.39 is 0 Å². The molecule has 3 aromatic rings. The Bertz CT molecular complexity index is 887. The van der Waals surface area contributed by atoms with Crippen molar-refractivity contribution in [2.45, 2.75) is 25.7 Å². The normalized spacial score (nSPS) is 17.4. The fourth-order valence-corrected chi connectivity index (χ4v) is 4.15. The molecule has 0 spiro atoms. The summed E-state index contributed by atoms with van der Waals surface area (Å²) in [5.41, 5.74) is 1.76. The van der Waals surface area contributed by atoms with E-state index in [-0.39, 0.29) is 11.8 Å². The lowest BCUT2D eigenvalue weighted by atomic mass is 10.1. The van der Waals surface area contributed by atoms with Crippen molar-refractivity contribution < 1.29 is 9.32 Å². The number of hydrogen-bond acceptors (Lipinski definition) is 5. The minimum Gasteiger partial charge on any atom is -0.339 e. The van der Waals surface area contributed by atoms with Crippen molar-refractivity contribution >= 4 is 34.5 Å². The molecule has 1 fully saturated rings. The molecule has 128 valence electrons. The molecule has 0 aliphatic carbocycles. The fraction of sp³-hybridized carbons (Fsp3) is 0.278. The molecule has 3 heterocycles. The lowest BCUT2D eigenvalue weighted by Gasteiger charge is -2.20. The third-order valence-corrected chi connectivity index (χ3v) is 5.52. The summed E-state index contributed by atoms with van der Waals surface area (Å²) in [5, 5.41) is 6.70. The SMILES string of the molecule is Cc1cccc(Cl)c1N1CC(c2noc(Cc3cccs3)n2)CC1=O. The van der Waals surface area contributed by atoms with Gasteiger partial charge in [0.05, 0.1) is 17.1 Å². The van der Waals surface area contributed by atoms with Crippen molar-refractivity contribution in [3.63, 3.8) is 0 Å². The number of nitrogens with zero attached hydrogens (tertiary/aromatic N) is 3. The lowest BCUT2D eigenvalue weighted by Crippen LogP contribution is -2.25. The molecule has 5 nitrogen and oxygen atoms in total. The van der Waals surface area contributed by atoms with Crippen LogP contribution in [-0.4, -0.2) is 22.6 Å². The molecule has 0 N–H and O–H groups in total. The molecule has 4 rings (SSSR count). The fourth-order valence-electron chi connectivity index (χ4n) is 3.13. The highest BCUT2D eigenvalue weighted by Crippen LogP contribution is 2.36. The van der Waals surface area contributed by atoms with Crippen LogP contribution in [0.3, 0.4) is 0 Å². The Hall–Kier alpha value is -2.18. The second-order valence-corrected chi connectivity index (χ2v) is 7.55. The third-order valence-electron chi connectivity index (χ3n) is 4.34. The van der Waals surface area contributed by atoms with Crippen LogP contribution < -0.4 is 4.90 Å². The van der Waals surface area contributed by atoms with Gasteiger partial charge >= 0.3 is 0 Å². The summed E-state index contributed by atoms with van der Waals surface area (Å²) in [6, 6.07) is 9.68. The predicted molar refractivity (Wildman–Crippen MR) is 97.3 cm³/mol. The molecular weight excluding hydrogens is 358 g/mol. The zero-order valence-corrected chi connectivity index (χ0v) is 15.2. The van der Waals surface area contributed by atoms with Crippen LogP contribution in [0.5, 0.6) is 0 Å². The van der Waals surface area contributed by atoms with Crippen LogP contribution in [0.1, 0.15) is 34.5 Å². The smallest absolute Gasteiger partial charge is 0.231 e. The average molecular weight is 374 g/mol. The van der Waals surface area contributed by atoms with Crippen LogP contribution in [0, 0.1) is 6.92 Å². The van der Waals surface area contributed by atoms with Gasteiger partial charge in [-0.3, -0.25) is 4.79 Å². The second kappa shape index (κ2) is 6.61. The summed E-state index contributed by atoms with van der Waals surface area (Å²) in [4.78, 5) is 19.9. The van der Waals surface area contributed by atoms with Crippen LogP contribution in [0.15, 0.2) is 40.2 Å². The highest BCUT2D eigenvalue weighted by atomic mass is 35.5. The molecule has 7 heteroatoms. The monoisotopic (exact) mass is 373 g/mol. The Kier molecular flexibility index (Phi) is 4.31. The highest BCUT2D eigenvalue weighted by molar-refractivity contribution is 7.09. The van der Waals surface area contributed by atoms with E-state index in [0.29, 0.717) is 36.1 Å². The number of halogens is 1. The van der Waals surface area contributed by atoms with Crippen molar-refractivity contribution in [1.29, 1.82) is 0 Å².